The van der Waals surface area contributed by atoms with Crippen molar-refractivity contribution in [3.8, 4) is 0 Å². The van der Waals surface area contributed by atoms with Crippen molar-refractivity contribution in [2.75, 3.05) is 0 Å². The lowest BCUT2D eigenvalue weighted by molar-refractivity contribution is -0.144. The number of carboxylic acids is 2. The van der Waals surface area contributed by atoms with Crippen LogP contribution in [0.4, 0.5) is 0 Å². The molecule has 4 atom stereocenters. The lowest BCUT2D eigenvalue weighted by Crippen LogP contribution is -2.57. The van der Waals surface area contributed by atoms with Gasteiger partial charge in [-0.25, -0.2) is 4.79 Å². The summed E-state index contributed by atoms with van der Waals surface area (Å²) in [7, 11) is 0. The van der Waals surface area contributed by atoms with Crippen LogP contribution >= 0.6 is 0 Å². The highest BCUT2D eigenvalue weighted by atomic mass is 16.4. The third-order valence-electron chi connectivity index (χ3n) is 3.80. The molecule has 13 nitrogen and oxygen atoms in total. The molecule has 0 heterocycles. The van der Waals surface area contributed by atoms with E-state index in [1.165, 1.54) is 6.92 Å². The maximum absolute atomic E-state index is 12.2. The average molecular weight is 417 g/mol. The van der Waals surface area contributed by atoms with Gasteiger partial charge in [0.1, 0.15) is 18.1 Å². The van der Waals surface area contributed by atoms with Crippen LogP contribution in [0.25, 0.3) is 0 Å². The SMILES string of the molecule is CC(NC(=O)C(N)C(C)C)C(=O)NC(CC(=O)O)C(=O)NC(CC(N)=O)C(=O)O. The molecule has 0 saturated carbocycles. The molecule has 4 unspecified atom stereocenters. The molecule has 0 bridgehead atoms. The molecule has 164 valence electrons. The monoisotopic (exact) mass is 417 g/mol. The van der Waals surface area contributed by atoms with E-state index in [0.29, 0.717) is 0 Å². The highest BCUT2D eigenvalue weighted by Crippen LogP contribution is 2.01. The first-order valence-corrected chi connectivity index (χ1v) is 8.65. The summed E-state index contributed by atoms with van der Waals surface area (Å²) < 4.78 is 0. The quantitative estimate of drug-likeness (QED) is 0.170. The third kappa shape index (κ3) is 9.51. The van der Waals surface area contributed by atoms with Gasteiger partial charge in [0.15, 0.2) is 0 Å². The van der Waals surface area contributed by atoms with Crippen LogP contribution in [-0.2, 0) is 28.8 Å². The Morgan fingerprint density at radius 3 is 1.72 bits per heavy atom. The normalized spacial score (nSPS) is 14.8. The molecule has 0 spiro atoms. The van der Waals surface area contributed by atoms with Crippen molar-refractivity contribution in [2.24, 2.45) is 17.4 Å². The second-order valence-corrected chi connectivity index (χ2v) is 6.73. The van der Waals surface area contributed by atoms with Crippen LogP contribution in [0.3, 0.4) is 0 Å². The van der Waals surface area contributed by atoms with Gasteiger partial charge in [0.25, 0.3) is 0 Å². The zero-order chi connectivity index (χ0) is 22.9. The third-order valence-corrected chi connectivity index (χ3v) is 3.80. The maximum atomic E-state index is 12.2. The highest BCUT2D eigenvalue weighted by molar-refractivity contribution is 5.96. The maximum Gasteiger partial charge on any atom is 0.326 e. The molecule has 0 saturated heterocycles. The van der Waals surface area contributed by atoms with Crippen molar-refractivity contribution < 1.29 is 39.0 Å². The van der Waals surface area contributed by atoms with Gasteiger partial charge in [-0.1, -0.05) is 13.8 Å². The summed E-state index contributed by atoms with van der Waals surface area (Å²) in [5.74, 6) is -6.88. The van der Waals surface area contributed by atoms with Gasteiger partial charge in [-0.3, -0.25) is 24.0 Å². The van der Waals surface area contributed by atoms with E-state index in [2.05, 4.69) is 10.6 Å². The van der Waals surface area contributed by atoms with Crippen molar-refractivity contribution in [2.45, 2.75) is 57.8 Å². The predicted molar refractivity (Wildman–Crippen MR) is 98.0 cm³/mol. The van der Waals surface area contributed by atoms with E-state index in [0.717, 1.165) is 0 Å². The van der Waals surface area contributed by atoms with E-state index >= 15 is 0 Å². The molecule has 0 aliphatic heterocycles. The van der Waals surface area contributed by atoms with E-state index in [1.54, 1.807) is 13.8 Å². The van der Waals surface area contributed by atoms with Crippen LogP contribution in [0.1, 0.15) is 33.6 Å². The summed E-state index contributed by atoms with van der Waals surface area (Å²) in [5.41, 5.74) is 10.6. The van der Waals surface area contributed by atoms with Gasteiger partial charge < -0.3 is 37.6 Å². The van der Waals surface area contributed by atoms with Crippen molar-refractivity contribution in [3.05, 3.63) is 0 Å². The fourth-order valence-corrected chi connectivity index (χ4v) is 2.03. The molecular weight excluding hydrogens is 390 g/mol. The molecule has 0 radical (unpaired) electrons. The molecular formula is C16H27N5O8. The van der Waals surface area contributed by atoms with Crippen LogP contribution in [0, 0.1) is 5.92 Å². The Bertz CT molecular complexity index is 666. The van der Waals surface area contributed by atoms with Gasteiger partial charge in [-0.2, -0.15) is 0 Å². The molecule has 29 heavy (non-hydrogen) atoms. The van der Waals surface area contributed by atoms with Gasteiger partial charge >= 0.3 is 11.9 Å². The predicted octanol–water partition coefficient (Wildman–Crippen LogP) is -3.12. The first-order chi connectivity index (χ1) is 13.3. The van der Waals surface area contributed by atoms with E-state index in [4.69, 9.17) is 21.7 Å². The fourth-order valence-electron chi connectivity index (χ4n) is 2.03. The number of aliphatic carboxylic acids is 2. The number of nitrogens with one attached hydrogen (secondary N) is 3. The van der Waals surface area contributed by atoms with Crippen molar-refractivity contribution in [1.82, 2.24) is 16.0 Å². The van der Waals surface area contributed by atoms with Gasteiger partial charge in [-0.05, 0) is 12.8 Å². The summed E-state index contributed by atoms with van der Waals surface area (Å²) in [6.07, 6.45) is -1.60. The van der Waals surface area contributed by atoms with Gasteiger partial charge in [0.05, 0.1) is 18.9 Å². The van der Waals surface area contributed by atoms with Crippen LogP contribution in [0.5, 0.6) is 0 Å². The van der Waals surface area contributed by atoms with E-state index in [9.17, 15) is 28.8 Å². The molecule has 0 fully saturated rings. The minimum atomic E-state index is -1.70. The summed E-state index contributed by atoms with van der Waals surface area (Å²) in [4.78, 5) is 69.4. The van der Waals surface area contributed by atoms with Gasteiger partial charge in [0, 0.05) is 0 Å². The van der Waals surface area contributed by atoms with E-state index in [-0.39, 0.29) is 5.92 Å². The molecule has 9 N–H and O–H groups in total. The number of carbonyl (C=O) groups excluding carboxylic acids is 4. The summed E-state index contributed by atoms with van der Waals surface area (Å²) >= 11 is 0. The summed E-state index contributed by atoms with van der Waals surface area (Å²) in [6, 6.07) is -5.40. The first kappa shape index (κ1) is 25.8. The number of amides is 4. The zero-order valence-corrected chi connectivity index (χ0v) is 16.3. The number of rotatable bonds is 12. The standard InChI is InChI=1S/C16H27N5O8/c1-6(2)12(18)15(27)19-7(3)13(25)20-8(5-11(23)24)14(26)21-9(16(28)29)4-10(17)22/h6-9,12H,4-5,18H2,1-3H3,(H2,17,22)(H,19,27)(H,20,25)(H,21,26)(H,23,24)(H,28,29). The highest BCUT2D eigenvalue weighted by Gasteiger charge is 2.31. The second kappa shape index (κ2) is 11.6. The van der Waals surface area contributed by atoms with Crippen LogP contribution in [0.2, 0.25) is 0 Å². The Hall–Kier alpha value is -3.22. The number of carboxylic acid groups (broad SMARTS) is 2. The minimum absolute atomic E-state index is 0.200. The van der Waals surface area contributed by atoms with Gasteiger partial charge in [-0.15, -0.1) is 0 Å². The summed E-state index contributed by atoms with van der Waals surface area (Å²) in [5, 5.41) is 24.4. The fraction of sp³-hybridized carbons (Fsp3) is 0.625. The molecule has 0 aromatic carbocycles. The number of nitrogens with two attached hydrogens (primary N) is 2. The van der Waals surface area contributed by atoms with Crippen LogP contribution in [-0.4, -0.2) is 69.9 Å². The van der Waals surface area contributed by atoms with Crippen molar-refractivity contribution >= 4 is 35.6 Å². The molecule has 4 amide bonds. The number of hydrogen-bond acceptors (Lipinski definition) is 7. The number of carbonyl (C=O) groups is 6. The first-order valence-electron chi connectivity index (χ1n) is 8.65. The van der Waals surface area contributed by atoms with Crippen LogP contribution < -0.4 is 27.4 Å². The van der Waals surface area contributed by atoms with Crippen molar-refractivity contribution in [1.29, 1.82) is 0 Å². The lowest BCUT2D eigenvalue weighted by Gasteiger charge is -2.23. The Labute approximate surface area is 166 Å². The zero-order valence-electron chi connectivity index (χ0n) is 16.3. The van der Waals surface area contributed by atoms with E-state index in [1.807, 2.05) is 5.32 Å². The molecule has 0 aliphatic rings. The van der Waals surface area contributed by atoms with Crippen LogP contribution in [0.15, 0.2) is 0 Å². The molecule has 0 aliphatic carbocycles. The second-order valence-electron chi connectivity index (χ2n) is 6.73. The Morgan fingerprint density at radius 2 is 1.31 bits per heavy atom. The molecule has 0 rings (SSSR count). The summed E-state index contributed by atoms with van der Waals surface area (Å²) in [6.45, 7) is 4.70. The number of primary amides is 1. The Balaban J connectivity index is 5.17. The Kier molecular flexibility index (Phi) is 10.3. The molecule has 0 aromatic rings. The average Bonchev–Trinajstić information content (AvgIpc) is 2.58. The smallest absolute Gasteiger partial charge is 0.326 e. The number of hydrogen-bond donors (Lipinski definition) is 7. The largest absolute Gasteiger partial charge is 0.481 e. The Morgan fingerprint density at radius 1 is 0.793 bits per heavy atom. The minimum Gasteiger partial charge on any atom is -0.481 e. The van der Waals surface area contributed by atoms with Crippen molar-refractivity contribution in [3.63, 3.8) is 0 Å². The van der Waals surface area contributed by atoms with E-state index < -0.39 is 72.6 Å². The topological polar surface area (TPSA) is 231 Å². The molecule has 0 aromatic heterocycles. The van der Waals surface area contributed by atoms with Gasteiger partial charge in [0.2, 0.25) is 23.6 Å². The molecule has 13 heteroatoms. The lowest BCUT2D eigenvalue weighted by atomic mass is 10.0.